The van der Waals surface area contributed by atoms with E-state index in [-0.39, 0.29) is 9.77 Å². The fourth-order valence-corrected chi connectivity index (χ4v) is 4.20. The van der Waals surface area contributed by atoms with Crippen LogP contribution in [0.2, 0.25) is 0 Å². The largest absolute Gasteiger partial charge is 0.497 e. The molecule has 0 bridgehead atoms. The van der Waals surface area contributed by atoms with E-state index in [1.54, 1.807) is 31.2 Å². The monoisotopic (exact) mass is 327 g/mol. The summed E-state index contributed by atoms with van der Waals surface area (Å²) in [6.45, 7) is 1.57. The molecule has 0 unspecified atom stereocenters. The molecular formula is C13H13NO5S2. The van der Waals surface area contributed by atoms with Crippen LogP contribution in [0.1, 0.15) is 14.5 Å². The van der Waals surface area contributed by atoms with Crippen LogP contribution in [0.25, 0.3) is 0 Å². The topological polar surface area (TPSA) is 92.7 Å². The summed E-state index contributed by atoms with van der Waals surface area (Å²) >= 11 is 0.927. The molecule has 2 aromatic rings. The zero-order valence-corrected chi connectivity index (χ0v) is 12.9. The smallest absolute Gasteiger partial charge is 0.345 e. The molecule has 2 N–H and O–H groups in total. The van der Waals surface area contributed by atoms with Crippen molar-refractivity contribution in [1.82, 2.24) is 0 Å². The molecule has 112 valence electrons. The number of carboxylic acids is 1. The third kappa shape index (κ3) is 3.34. The van der Waals surface area contributed by atoms with Gasteiger partial charge in [-0.2, -0.15) is 0 Å². The van der Waals surface area contributed by atoms with E-state index in [2.05, 4.69) is 4.72 Å². The van der Waals surface area contributed by atoms with Gasteiger partial charge in [0.05, 0.1) is 7.11 Å². The molecule has 0 aliphatic carbocycles. The summed E-state index contributed by atoms with van der Waals surface area (Å²) < 4.78 is 32.0. The molecule has 2 rings (SSSR count). The Bertz CT molecular complexity index is 762. The van der Waals surface area contributed by atoms with Gasteiger partial charge in [-0.3, -0.25) is 4.72 Å². The van der Waals surface area contributed by atoms with Gasteiger partial charge in [0.25, 0.3) is 10.0 Å². The zero-order chi connectivity index (χ0) is 15.6. The van der Waals surface area contributed by atoms with Crippen LogP contribution in [0.3, 0.4) is 0 Å². The molecule has 0 atom stereocenters. The highest BCUT2D eigenvalue weighted by Crippen LogP contribution is 2.27. The molecule has 21 heavy (non-hydrogen) atoms. The number of ether oxygens (including phenoxy) is 1. The highest BCUT2D eigenvalue weighted by Gasteiger charge is 2.22. The quantitative estimate of drug-likeness (QED) is 0.880. The van der Waals surface area contributed by atoms with Crippen LogP contribution in [0.15, 0.2) is 35.2 Å². The minimum Gasteiger partial charge on any atom is -0.497 e. The van der Waals surface area contributed by atoms with Crippen molar-refractivity contribution in [3.63, 3.8) is 0 Å². The Labute approximate surface area is 126 Å². The minimum absolute atomic E-state index is 0.0115. The molecular weight excluding hydrogens is 314 g/mol. The van der Waals surface area contributed by atoms with Crippen molar-refractivity contribution in [3.05, 3.63) is 40.1 Å². The summed E-state index contributed by atoms with van der Waals surface area (Å²) in [6.07, 6.45) is 0. The molecule has 1 heterocycles. The molecule has 0 spiro atoms. The Hall–Kier alpha value is -2.06. The van der Waals surface area contributed by atoms with E-state index in [9.17, 15) is 13.2 Å². The Morgan fingerprint density at radius 1 is 1.29 bits per heavy atom. The second-order valence-corrected chi connectivity index (χ2v) is 7.08. The molecule has 0 amide bonds. The van der Waals surface area contributed by atoms with Crippen LogP contribution in [-0.4, -0.2) is 26.6 Å². The molecule has 0 radical (unpaired) electrons. The minimum atomic E-state index is -3.82. The van der Waals surface area contributed by atoms with Gasteiger partial charge in [-0.05, 0) is 37.3 Å². The lowest BCUT2D eigenvalue weighted by Crippen LogP contribution is -2.13. The number of carboxylic acid groups (broad SMARTS) is 1. The highest BCUT2D eigenvalue weighted by atomic mass is 32.2. The number of rotatable bonds is 5. The van der Waals surface area contributed by atoms with Gasteiger partial charge in [0.2, 0.25) is 0 Å². The summed E-state index contributed by atoms with van der Waals surface area (Å²) in [5, 5.41) is 8.92. The molecule has 0 saturated carbocycles. The number of nitrogens with one attached hydrogen (secondary N) is 1. The van der Waals surface area contributed by atoms with Gasteiger partial charge in [0, 0.05) is 10.6 Å². The van der Waals surface area contributed by atoms with Gasteiger partial charge in [0.1, 0.15) is 15.5 Å². The van der Waals surface area contributed by atoms with Crippen LogP contribution < -0.4 is 9.46 Å². The maximum Gasteiger partial charge on any atom is 0.345 e. The third-order valence-corrected chi connectivity index (χ3v) is 5.39. The first-order valence-corrected chi connectivity index (χ1v) is 8.14. The molecule has 0 saturated heterocycles. The number of methoxy groups -OCH3 is 1. The predicted octanol–water partition coefficient (Wildman–Crippen LogP) is 2.56. The number of thiophene rings is 1. The normalized spacial score (nSPS) is 11.1. The van der Waals surface area contributed by atoms with Gasteiger partial charge in [-0.1, -0.05) is 0 Å². The van der Waals surface area contributed by atoms with Crippen molar-refractivity contribution in [2.45, 2.75) is 11.8 Å². The van der Waals surface area contributed by atoms with Crippen molar-refractivity contribution >= 4 is 33.0 Å². The van der Waals surface area contributed by atoms with Crippen molar-refractivity contribution in [3.8, 4) is 5.75 Å². The summed E-state index contributed by atoms with van der Waals surface area (Å²) in [7, 11) is -2.30. The lowest BCUT2D eigenvalue weighted by molar-refractivity contribution is 0.0702. The van der Waals surface area contributed by atoms with E-state index < -0.39 is 16.0 Å². The van der Waals surface area contributed by atoms with Crippen LogP contribution in [0.5, 0.6) is 5.75 Å². The second kappa shape index (κ2) is 5.74. The molecule has 0 aliphatic rings. The molecule has 6 nitrogen and oxygen atoms in total. The molecule has 0 aliphatic heterocycles. The van der Waals surface area contributed by atoms with Gasteiger partial charge in [-0.25, -0.2) is 13.2 Å². The summed E-state index contributed by atoms with van der Waals surface area (Å²) in [4.78, 5) is 11.3. The Morgan fingerprint density at radius 2 is 1.90 bits per heavy atom. The van der Waals surface area contributed by atoms with Crippen LogP contribution in [0.4, 0.5) is 5.69 Å². The highest BCUT2D eigenvalue weighted by molar-refractivity contribution is 7.93. The van der Waals surface area contributed by atoms with Crippen molar-refractivity contribution in [2.24, 2.45) is 0 Å². The average Bonchev–Trinajstić information content (AvgIpc) is 2.82. The van der Waals surface area contributed by atoms with Gasteiger partial charge < -0.3 is 9.84 Å². The first-order chi connectivity index (χ1) is 9.83. The molecule has 0 fully saturated rings. The molecule has 1 aromatic heterocycles. The Kier molecular flexibility index (Phi) is 4.19. The summed E-state index contributed by atoms with van der Waals surface area (Å²) in [5.41, 5.74) is 0.373. The van der Waals surface area contributed by atoms with E-state index in [4.69, 9.17) is 9.84 Å². The Morgan fingerprint density at radius 3 is 2.38 bits per heavy atom. The second-order valence-electron chi connectivity index (χ2n) is 4.17. The predicted molar refractivity (Wildman–Crippen MR) is 79.8 cm³/mol. The third-order valence-electron chi connectivity index (χ3n) is 2.71. The molecule has 1 aromatic carbocycles. The Balaban J connectivity index is 2.31. The van der Waals surface area contributed by atoms with E-state index in [0.29, 0.717) is 16.3 Å². The number of aryl methyl sites for hydroxylation is 1. The van der Waals surface area contributed by atoms with E-state index in [1.807, 2.05) is 0 Å². The number of benzene rings is 1. The van der Waals surface area contributed by atoms with Crippen molar-refractivity contribution < 1.29 is 23.1 Å². The van der Waals surface area contributed by atoms with E-state index >= 15 is 0 Å². The summed E-state index contributed by atoms with van der Waals surface area (Å²) in [6, 6.07) is 7.54. The van der Waals surface area contributed by atoms with Crippen LogP contribution >= 0.6 is 11.3 Å². The van der Waals surface area contributed by atoms with Crippen LogP contribution in [-0.2, 0) is 10.0 Å². The number of sulfonamides is 1. The lowest BCUT2D eigenvalue weighted by Gasteiger charge is -2.08. The average molecular weight is 327 g/mol. The number of carbonyl (C=O) groups is 1. The van der Waals surface area contributed by atoms with Crippen molar-refractivity contribution in [2.75, 3.05) is 11.8 Å². The van der Waals surface area contributed by atoms with Gasteiger partial charge >= 0.3 is 5.97 Å². The van der Waals surface area contributed by atoms with Gasteiger partial charge in [0.15, 0.2) is 0 Å². The number of hydrogen-bond donors (Lipinski definition) is 2. The maximum atomic E-state index is 12.3. The zero-order valence-electron chi connectivity index (χ0n) is 11.3. The van der Waals surface area contributed by atoms with Gasteiger partial charge in [-0.15, -0.1) is 11.3 Å². The molecule has 8 heteroatoms. The fraction of sp³-hybridized carbons (Fsp3) is 0.154. The number of aromatic carboxylic acids is 1. The SMILES string of the molecule is COc1ccc(NS(=O)(=O)c2cc(C(=O)O)sc2C)cc1. The fourth-order valence-electron chi connectivity index (χ4n) is 1.71. The van der Waals surface area contributed by atoms with E-state index in [0.717, 1.165) is 17.4 Å². The number of anilines is 1. The standard InChI is InChI=1S/C13H13NO5S2/c1-8-12(7-11(20-8)13(15)16)21(17,18)14-9-3-5-10(19-2)6-4-9/h3-7,14H,1-2H3,(H,15,16). The number of hydrogen-bond acceptors (Lipinski definition) is 5. The lowest BCUT2D eigenvalue weighted by atomic mass is 10.3. The first kappa shape index (κ1) is 15.3. The summed E-state index contributed by atoms with van der Waals surface area (Å²) in [5.74, 6) is -0.535. The first-order valence-electron chi connectivity index (χ1n) is 5.84. The van der Waals surface area contributed by atoms with Crippen LogP contribution in [0, 0.1) is 6.92 Å². The van der Waals surface area contributed by atoms with Crippen molar-refractivity contribution in [1.29, 1.82) is 0 Å². The maximum absolute atomic E-state index is 12.3. The van der Waals surface area contributed by atoms with E-state index in [1.165, 1.54) is 7.11 Å².